The van der Waals surface area contributed by atoms with Crippen LogP contribution >= 0.6 is 0 Å². The molecule has 2 saturated carbocycles. The van der Waals surface area contributed by atoms with Crippen molar-refractivity contribution in [1.82, 2.24) is 0 Å². The summed E-state index contributed by atoms with van der Waals surface area (Å²) < 4.78 is 0. The first-order valence-electron chi connectivity index (χ1n) is 9.15. The van der Waals surface area contributed by atoms with Gasteiger partial charge < -0.3 is 5.11 Å². The third-order valence-corrected chi connectivity index (χ3v) is 7.54. The van der Waals surface area contributed by atoms with Crippen molar-refractivity contribution in [3.05, 3.63) is 12.2 Å². The summed E-state index contributed by atoms with van der Waals surface area (Å²) >= 11 is 0. The van der Waals surface area contributed by atoms with Crippen LogP contribution in [-0.2, 0) is 9.59 Å². The van der Waals surface area contributed by atoms with E-state index in [9.17, 15) is 20.0 Å². The maximum atomic E-state index is 12.6. The first kappa shape index (κ1) is 17.2. The molecule has 0 aromatic carbocycles. The van der Waals surface area contributed by atoms with Crippen LogP contribution in [0.5, 0.6) is 0 Å². The second-order valence-corrected chi connectivity index (χ2v) is 8.47. The Hall–Kier alpha value is -1.63. The second kappa shape index (κ2) is 6.02. The van der Waals surface area contributed by atoms with Crippen molar-refractivity contribution in [1.29, 1.82) is 5.26 Å². The highest BCUT2D eigenvalue weighted by atomic mass is 16.4. The van der Waals surface area contributed by atoms with Gasteiger partial charge in [-0.1, -0.05) is 19.9 Å². The van der Waals surface area contributed by atoms with E-state index in [0.717, 1.165) is 32.1 Å². The highest BCUT2D eigenvalue weighted by molar-refractivity contribution is 5.95. The minimum absolute atomic E-state index is 0.138. The van der Waals surface area contributed by atoms with Crippen LogP contribution in [0.2, 0.25) is 0 Å². The van der Waals surface area contributed by atoms with Crippen LogP contribution in [0, 0.1) is 45.8 Å². The summed E-state index contributed by atoms with van der Waals surface area (Å²) in [5, 5.41) is 19.0. The Kier molecular flexibility index (Phi) is 4.32. The molecule has 3 aliphatic carbocycles. The molecule has 0 spiro atoms. The molecule has 0 aromatic heterocycles. The maximum Gasteiger partial charge on any atom is 0.307 e. The van der Waals surface area contributed by atoms with Gasteiger partial charge in [0.2, 0.25) is 0 Å². The molecule has 0 heterocycles. The van der Waals surface area contributed by atoms with Gasteiger partial charge in [0, 0.05) is 11.8 Å². The molecule has 6 atom stereocenters. The Morgan fingerprint density at radius 1 is 1.29 bits per heavy atom. The molecule has 0 radical (unpaired) electrons. The Morgan fingerprint density at radius 3 is 2.67 bits per heavy atom. The van der Waals surface area contributed by atoms with E-state index in [1.54, 1.807) is 6.08 Å². The molecular weight excluding hydrogens is 302 g/mol. The van der Waals surface area contributed by atoms with Crippen molar-refractivity contribution in [2.24, 2.45) is 34.5 Å². The number of aliphatic carboxylic acids is 1. The van der Waals surface area contributed by atoms with Crippen LogP contribution in [0.15, 0.2) is 12.2 Å². The molecule has 0 saturated heterocycles. The lowest BCUT2D eigenvalue weighted by atomic mass is 9.51. The van der Waals surface area contributed by atoms with Crippen LogP contribution in [0.3, 0.4) is 0 Å². The number of hydrogen-bond acceptors (Lipinski definition) is 3. The van der Waals surface area contributed by atoms with Gasteiger partial charge in [-0.2, -0.15) is 5.26 Å². The Morgan fingerprint density at radius 2 is 2.04 bits per heavy atom. The number of hydrogen-bond donors (Lipinski definition) is 1. The third-order valence-electron chi connectivity index (χ3n) is 7.54. The zero-order chi connectivity index (χ0) is 17.5. The Bertz CT molecular complexity index is 619. The van der Waals surface area contributed by atoms with Crippen molar-refractivity contribution in [2.75, 3.05) is 0 Å². The molecule has 3 aliphatic rings. The quantitative estimate of drug-likeness (QED) is 0.850. The van der Waals surface area contributed by atoms with Crippen molar-refractivity contribution >= 4 is 11.8 Å². The lowest BCUT2D eigenvalue weighted by molar-refractivity contribution is -0.150. The summed E-state index contributed by atoms with van der Waals surface area (Å²) in [6.07, 6.45) is 9.16. The number of carbonyl (C=O) groups excluding carboxylic acids is 1. The molecule has 130 valence electrons. The number of ketones is 1. The average molecular weight is 329 g/mol. The van der Waals surface area contributed by atoms with E-state index in [0.29, 0.717) is 12.8 Å². The highest BCUT2D eigenvalue weighted by Crippen LogP contribution is 2.63. The topological polar surface area (TPSA) is 78.2 Å². The van der Waals surface area contributed by atoms with Crippen molar-refractivity contribution in [3.63, 3.8) is 0 Å². The van der Waals surface area contributed by atoms with Crippen molar-refractivity contribution in [2.45, 2.75) is 58.8 Å². The van der Waals surface area contributed by atoms with E-state index in [1.807, 2.05) is 6.08 Å². The smallest absolute Gasteiger partial charge is 0.307 e. The van der Waals surface area contributed by atoms with Gasteiger partial charge in [-0.3, -0.25) is 9.59 Å². The summed E-state index contributed by atoms with van der Waals surface area (Å²) in [4.78, 5) is 24.3. The first-order chi connectivity index (χ1) is 11.3. The summed E-state index contributed by atoms with van der Waals surface area (Å²) in [6.45, 7) is 4.18. The zero-order valence-corrected chi connectivity index (χ0v) is 14.6. The highest BCUT2D eigenvalue weighted by Gasteiger charge is 2.59. The van der Waals surface area contributed by atoms with E-state index in [-0.39, 0.29) is 40.3 Å². The third kappa shape index (κ3) is 2.41. The normalized spacial score (nSPS) is 44.8. The first-order valence-corrected chi connectivity index (χ1v) is 9.15. The van der Waals surface area contributed by atoms with Crippen LogP contribution in [0.4, 0.5) is 0 Å². The molecule has 4 nitrogen and oxygen atoms in total. The van der Waals surface area contributed by atoms with Crippen LogP contribution in [-0.4, -0.2) is 16.9 Å². The van der Waals surface area contributed by atoms with Gasteiger partial charge in [-0.15, -0.1) is 0 Å². The van der Waals surface area contributed by atoms with Gasteiger partial charge in [0.15, 0.2) is 5.78 Å². The molecule has 4 heteroatoms. The standard InChI is InChI=1S/C20H27NO3/c1-19-11-8-15(20(2)10-4-3-5-17(20)22)13(9-12-21)14(19)6-7-16(19)18(23)24/h3,5,13-16H,4,6-11H2,1-2H3,(H,23,24)/t13-,14-,15-,16+,19-,20+/m0/s1. The summed E-state index contributed by atoms with van der Waals surface area (Å²) in [6, 6.07) is 2.34. The lowest BCUT2D eigenvalue weighted by Gasteiger charge is -2.52. The number of carbonyl (C=O) groups is 2. The number of rotatable bonds is 3. The molecule has 0 unspecified atom stereocenters. The molecule has 3 rings (SSSR count). The fourth-order valence-electron chi connectivity index (χ4n) is 6.13. The van der Waals surface area contributed by atoms with Crippen molar-refractivity contribution < 1.29 is 14.7 Å². The number of fused-ring (bicyclic) bond motifs is 1. The van der Waals surface area contributed by atoms with Crippen molar-refractivity contribution in [3.8, 4) is 6.07 Å². The molecule has 24 heavy (non-hydrogen) atoms. The lowest BCUT2D eigenvalue weighted by Crippen LogP contribution is -2.50. The number of carboxylic acids is 1. The molecule has 1 N–H and O–H groups in total. The van der Waals surface area contributed by atoms with Gasteiger partial charge in [0.25, 0.3) is 0 Å². The number of nitriles is 1. The number of allylic oxidation sites excluding steroid dienone is 2. The van der Waals surface area contributed by atoms with Crippen LogP contribution in [0.25, 0.3) is 0 Å². The number of carboxylic acid groups (broad SMARTS) is 1. The molecule has 0 aromatic rings. The Labute approximate surface area is 143 Å². The average Bonchev–Trinajstić information content (AvgIpc) is 2.88. The minimum Gasteiger partial charge on any atom is -0.481 e. The van der Waals surface area contributed by atoms with Crippen LogP contribution < -0.4 is 0 Å². The predicted molar refractivity (Wildman–Crippen MR) is 89.9 cm³/mol. The van der Waals surface area contributed by atoms with Crippen LogP contribution in [0.1, 0.15) is 58.8 Å². The fraction of sp³-hybridized carbons (Fsp3) is 0.750. The maximum absolute atomic E-state index is 12.6. The minimum atomic E-state index is -0.697. The van der Waals surface area contributed by atoms with E-state index >= 15 is 0 Å². The molecule has 0 aliphatic heterocycles. The summed E-state index contributed by atoms with van der Waals surface area (Å²) in [5.74, 6) is -0.235. The van der Waals surface area contributed by atoms with Gasteiger partial charge in [0.1, 0.15) is 0 Å². The van der Waals surface area contributed by atoms with E-state index in [2.05, 4.69) is 19.9 Å². The second-order valence-electron chi connectivity index (χ2n) is 8.47. The number of nitrogens with zero attached hydrogens (tertiary/aromatic N) is 1. The van der Waals surface area contributed by atoms with Gasteiger partial charge in [-0.25, -0.2) is 0 Å². The molecule has 2 fully saturated rings. The van der Waals surface area contributed by atoms with E-state index < -0.39 is 5.97 Å². The van der Waals surface area contributed by atoms with Gasteiger partial charge in [0.05, 0.1) is 12.0 Å². The molecule has 0 amide bonds. The molecule has 0 bridgehead atoms. The molecular formula is C20H27NO3. The fourth-order valence-corrected chi connectivity index (χ4v) is 6.13. The SMILES string of the molecule is C[C@]12CC[C@H]([C@@]3(C)CCC=CC3=O)[C@@H](CC#N)[C@@H]1CC[C@@H]2C(=O)O. The monoisotopic (exact) mass is 329 g/mol. The largest absolute Gasteiger partial charge is 0.481 e. The summed E-state index contributed by atoms with van der Waals surface area (Å²) in [7, 11) is 0. The van der Waals surface area contributed by atoms with E-state index in [4.69, 9.17) is 0 Å². The van der Waals surface area contributed by atoms with Gasteiger partial charge >= 0.3 is 5.97 Å². The van der Waals surface area contributed by atoms with E-state index in [1.165, 1.54) is 0 Å². The summed E-state index contributed by atoms with van der Waals surface area (Å²) in [5.41, 5.74) is -0.618. The predicted octanol–water partition coefficient (Wildman–Crippen LogP) is 3.97. The zero-order valence-electron chi connectivity index (χ0n) is 14.6. The Balaban J connectivity index is 1.95. The van der Waals surface area contributed by atoms with Gasteiger partial charge in [-0.05, 0) is 67.8 Å².